The average Bonchev–Trinajstić information content (AvgIpc) is 3.30. The van der Waals surface area contributed by atoms with E-state index < -0.39 is 28.9 Å². The van der Waals surface area contributed by atoms with Gasteiger partial charge in [0.25, 0.3) is 5.88 Å². The minimum Gasteiger partial charge on any atom is -0.496 e. The molecule has 35 heavy (non-hydrogen) atoms. The molecule has 4 rings (SSSR count). The van der Waals surface area contributed by atoms with Crippen LogP contribution in [0.15, 0.2) is 62.3 Å². The van der Waals surface area contributed by atoms with Crippen LogP contribution in [0, 0.1) is 0 Å². The molecule has 0 saturated heterocycles. The molecule has 0 spiro atoms. The van der Waals surface area contributed by atoms with Gasteiger partial charge >= 0.3 is 12.1 Å². The predicted octanol–water partition coefficient (Wildman–Crippen LogP) is 5.02. The predicted molar refractivity (Wildman–Crippen MR) is 116 cm³/mol. The van der Waals surface area contributed by atoms with Gasteiger partial charge in [0, 0.05) is 24.1 Å². The molecule has 0 aliphatic carbocycles. The lowest BCUT2D eigenvalue weighted by Crippen LogP contribution is -2.16. The number of nitrogens with zero attached hydrogens (tertiary/aromatic N) is 1. The summed E-state index contributed by atoms with van der Waals surface area (Å²) < 4.78 is 67.0. The lowest BCUT2D eigenvalue weighted by atomic mass is 10.0. The lowest BCUT2D eigenvalue weighted by molar-refractivity contribution is -0.152. The number of hydrogen-bond donors (Lipinski definition) is 0. The Morgan fingerprint density at radius 2 is 1.83 bits per heavy atom. The first-order chi connectivity index (χ1) is 16.7. The van der Waals surface area contributed by atoms with Crippen LogP contribution in [0.2, 0.25) is 0 Å². The highest BCUT2D eigenvalue weighted by atomic mass is 19.4. The van der Waals surface area contributed by atoms with E-state index in [1.165, 1.54) is 50.6 Å². The van der Waals surface area contributed by atoms with Crippen molar-refractivity contribution in [2.24, 2.45) is 0 Å². The van der Waals surface area contributed by atoms with Crippen molar-refractivity contribution in [2.45, 2.75) is 19.0 Å². The monoisotopic (exact) mass is 489 g/mol. The molecule has 182 valence electrons. The second-order valence-corrected chi connectivity index (χ2v) is 7.30. The van der Waals surface area contributed by atoms with Crippen molar-refractivity contribution in [1.82, 2.24) is 5.16 Å². The fourth-order valence-corrected chi connectivity index (χ4v) is 3.45. The van der Waals surface area contributed by atoms with Gasteiger partial charge < -0.3 is 23.2 Å². The summed E-state index contributed by atoms with van der Waals surface area (Å²) in [5.74, 6) is -1.52. The number of rotatable bonds is 7. The summed E-state index contributed by atoms with van der Waals surface area (Å²) in [5.41, 5.74) is -2.02. The highest BCUT2D eigenvalue weighted by molar-refractivity contribution is 5.86. The van der Waals surface area contributed by atoms with Crippen molar-refractivity contribution in [1.29, 1.82) is 0 Å². The number of methoxy groups -OCH3 is 2. The topological polar surface area (TPSA) is 101 Å². The van der Waals surface area contributed by atoms with Crippen molar-refractivity contribution in [3.8, 4) is 28.5 Å². The summed E-state index contributed by atoms with van der Waals surface area (Å²) in [6.07, 6.45) is -4.91. The number of aromatic nitrogens is 1. The number of carbonyl (C=O) groups is 1. The van der Waals surface area contributed by atoms with Crippen molar-refractivity contribution >= 4 is 16.9 Å². The number of alkyl halides is 3. The van der Waals surface area contributed by atoms with Crippen molar-refractivity contribution < 1.29 is 41.1 Å². The van der Waals surface area contributed by atoms with E-state index in [1.54, 1.807) is 6.07 Å². The summed E-state index contributed by atoms with van der Waals surface area (Å²) in [7, 11) is 2.70. The molecule has 0 amide bonds. The minimum atomic E-state index is -4.98. The molecule has 2 aromatic carbocycles. The molecule has 2 heterocycles. The third-order valence-electron chi connectivity index (χ3n) is 5.05. The molecule has 11 heteroatoms. The number of para-hydroxylation sites is 1. The minimum absolute atomic E-state index is 0.0578. The molecule has 0 aliphatic rings. The van der Waals surface area contributed by atoms with E-state index in [1.807, 2.05) is 0 Å². The van der Waals surface area contributed by atoms with E-state index in [-0.39, 0.29) is 46.8 Å². The van der Waals surface area contributed by atoms with Gasteiger partial charge in [-0.3, -0.25) is 9.59 Å². The van der Waals surface area contributed by atoms with Crippen LogP contribution < -0.4 is 19.6 Å². The zero-order chi connectivity index (χ0) is 25.2. The van der Waals surface area contributed by atoms with E-state index in [9.17, 15) is 22.8 Å². The van der Waals surface area contributed by atoms with Gasteiger partial charge in [-0.2, -0.15) is 13.2 Å². The van der Waals surface area contributed by atoms with E-state index in [2.05, 4.69) is 5.16 Å². The first-order valence-electron chi connectivity index (χ1n) is 10.2. The number of benzene rings is 2. The zero-order valence-corrected chi connectivity index (χ0v) is 18.5. The van der Waals surface area contributed by atoms with Gasteiger partial charge in [0.05, 0.1) is 31.6 Å². The van der Waals surface area contributed by atoms with Gasteiger partial charge in [-0.25, -0.2) is 0 Å². The van der Waals surface area contributed by atoms with Crippen LogP contribution in [0.4, 0.5) is 13.2 Å². The Balaban J connectivity index is 1.67. The SMILES string of the molecule is COc1cc(CCC(=O)Oc2ccc3c(=O)c(-c4ccccc4OC)c(C(F)(F)F)oc3c2)on1. The molecule has 0 saturated carbocycles. The number of aryl methyl sites for hydroxylation is 1. The Bertz CT molecular complexity index is 1440. The maximum atomic E-state index is 13.9. The number of esters is 1. The third kappa shape index (κ3) is 4.98. The first-order valence-corrected chi connectivity index (χ1v) is 10.2. The Morgan fingerprint density at radius 3 is 2.51 bits per heavy atom. The Morgan fingerprint density at radius 1 is 1.06 bits per heavy atom. The fourth-order valence-electron chi connectivity index (χ4n) is 3.45. The highest BCUT2D eigenvalue weighted by Crippen LogP contribution is 2.40. The first kappa shape index (κ1) is 23.9. The zero-order valence-electron chi connectivity index (χ0n) is 18.5. The molecule has 0 atom stereocenters. The molecular weight excluding hydrogens is 471 g/mol. The van der Waals surface area contributed by atoms with Crippen LogP contribution in [-0.4, -0.2) is 25.3 Å². The van der Waals surface area contributed by atoms with Gasteiger partial charge in [-0.05, 0) is 23.4 Å². The Hall–Kier alpha value is -4.28. The maximum absolute atomic E-state index is 13.9. The van der Waals surface area contributed by atoms with Crippen LogP contribution in [0.3, 0.4) is 0 Å². The molecule has 2 aromatic heterocycles. The number of halogens is 3. The molecule has 4 aromatic rings. The van der Waals surface area contributed by atoms with Crippen LogP contribution >= 0.6 is 0 Å². The van der Waals surface area contributed by atoms with Gasteiger partial charge in [0.1, 0.15) is 22.8 Å². The van der Waals surface area contributed by atoms with Crippen molar-refractivity contribution in [2.75, 3.05) is 14.2 Å². The maximum Gasteiger partial charge on any atom is 0.450 e. The number of ether oxygens (including phenoxy) is 3. The van der Waals surface area contributed by atoms with E-state index in [4.69, 9.17) is 23.2 Å². The van der Waals surface area contributed by atoms with Gasteiger partial charge in [0.15, 0.2) is 0 Å². The van der Waals surface area contributed by atoms with Gasteiger partial charge in [-0.1, -0.05) is 18.2 Å². The second-order valence-electron chi connectivity index (χ2n) is 7.30. The highest BCUT2D eigenvalue weighted by Gasteiger charge is 2.40. The summed E-state index contributed by atoms with van der Waals surface area (Å²) in [6, 6.07) is 10.9. The molecule has 0 fully saturated rings. The quantitative estimate of drug-likeness (QED) is 0.263. The molecule has 0 radical (unpaired) electrons. The number of hydrogen-bond acceptors (Lipinski definition) is 8. The smallest absolute Gasteiger partial charge is 0.450 e. The lowest BCUT2D eigenvalue weighted by Gasteiger charge is -2.15. The number of carbonyl (C=O) groups excluding carboxylic acids is 1. The molecule has 0 unspecified atom stereocenters. The van der Waals surface area contributed by atoms with Crippen LogP contribution in [-0.2, 0) is 17.4 Å². The van der Waals surface area contributed by atoms with Crippen molar-refractivity contribution in [3.05, 3.63) is 70.3 Å². The molecule has 0 bridgehead atoms. The molecule has 0 N–H and O–H groups in total. The molecule has 8 nitrogen and oxygen atoms in total. The standard InChI is InChI=1S/C24H18F3NO7/c1-31-17-6-4-3-5-15(17)21-22(30)16-9-7-13(11-18(16)34-23(21)24(25,26)27)33-20(29)10-8-14-12-19(32-2)28-35-14/h3-7,9,11-12H,8,10H2,1-2H3. The second kappa shape index (κ2) is 9.53. The third-order valence-corrected chi connectivity index (χ3v) is 5.05. The van der Waals surface area contributed by atoms with Crippen LogP contribution in [0.1, 0.15) is 17.9 Å². The average molecular weight is 489 g/mol. The van der Waals surface area contributed by atoms with Crippen molar-refractivity contribution in [3.63, 3.8) is 0 Å². The van der Waals surface area contributed by atoms with Gasteiger partial charge in [0.2, 0.25) is 11.2 Å². The fraction of sp³-hybridized carbons (Fsp3) is 0.208. The Kier molecular flexibility index (Phi) is 6.50. The molecule has 0 aliphatic heterocycles. The van der Waals surface area contributed by atoms with E-state index in [0.29, 0.717) is 5.76 Å². The van der Waals surface area contributed by atoms with Crippen LogP contribution in [0.5, 0.6) is 17.4 Å². The van der Waals surface area contributed by atoms with Crippen LogP contribution in [0.25, 0.3) is 22.1 Å². The number of fused-ring (bicyclic) bond motifs is 1. The molecular formula is C24H18F3NO7. The Labute approximate surface area is 195 Å². The summed E-state index contributed by atoms with van der Waals surface area (Å²) in [6.45, 7) is 0. The largest absolute Gasteiger partial charge is 0.496 e. The van der Waals surface area contributed by atoms with Gasteiger partial charge in [-0.15, -0.1) is 0 Å². The summed E-state index contributed by atoms with van der Waals surface area (Å²) >= 11 is 0. The van der Waals surface area contributed by atoms with E-state index >= 15 is 0 Å². The normalized spacial score (nSPS) is 11.5. The summed E-state index contributed by atoms with van der Waals surface area (Å²) in [4.78, 5) is 25.3. The summed E-state index contributed by atoms with van der Waals surface area (Å²) in [5, 5.41) is 3.50. The van der Waals surface area contributed by atoms with E-state index in [0.717, 1.165) is 6.07 Å².